The van der Waals surface area contributed by atoms with E-state index in [4.69, 9.17) is 9.47 Å². The van der Waals surface area contributed by atoms with Gasteiger partial charge >= 0.3 is 11.9 Å². The zero-order chi connectivity index (χ0) is 15.2. The summed E-state index contributed by atoms with van der Waals surface area (Å²) in [5.41, 5.74) is 2.78. The molecule has 0 spiro atoms. The first-order chi connectivity index (χ1) is 10.1. The van der Waals surface area contributed by atoms with E-state index in [0.29, 0.717) is 11.1 Å². The van der Waals surface area contributed by atoms with Crippen molar-refractivity contribution in [3.8, 4) is 0 Å². The smallest absolute Gasteiger partial charge is 0.341 e. The van der Waals surface area contributed by atoms with E-state index in [-0.39, 0.29) is 14.9 Å². The van der Waals surface area contributed by atoms with E-state index in [2.05, 4.69) is 0 Å². The predicted octanol–water partition coefficient (Wildman–Crippen LogP) is 4.55. The summed E-state index contributed by atoms with van der Waals surface area (Å²) in [6, 6.07) is 14.0. The Balaban J connectivity index is 0.00000242. The van der Waals surface area contributed by atoms with Crippen molar-refractivity contribution < 1.29 is 19.1 Å². The van der Waals surface area contributed by atoms with Crippen LogP contribution in [0, 0.1) is 13.8 Å². The monoisotopic (exact) mass is 316 g/mol. The molecular weight excluding hydrogens is 292 g/mol. The topological polar surface area (TPSA) is 52.6 Å². The van der Waals surface area contributed by atoms with Crippen molar-refractivity contribution in [1.82, 2.24) is 0 Å². The maximum atomic E-state index is 11.8. The summed E-state index contributed by atoms with van der Waals surface area (Å²) in [4.78, 5) is 23.5. The van der Waals surface area contributed by atoms with Crippen LogP contribution in [0.25, 0.3) is 0 Å². The second-order valence-electron chi connectivity index (χ2n) is 4.72. The third kappa shape index (κ3) is 5.94. The van der Waals surface area contributed by atoms with Gasteiger partial charge in [0.15, 0.2) is 0 Å². The lowest BCUT2D eigenvalue weighted by Crippen LogP contribution is -2.13. The molecule has 4 nitrogen and oxygen atoms in total. The molecule has 0 bridgehead atoms. The Hall–Kier alpha value is -2.62. The van der Waals surface area contributed by atoms with Crippen molar-refractivity contribution in [2.24, 2.45) is 0 Å². The van der Waals surface area contributed by atoms with E-state index >= 15 is 0 Å². The fraction of sp³-hybridized carbons (Fsp3) is 0.263. The lowest BCUT2D eigenvalue weighted by Gasteiger charge is -2.07. The van der Waals surface area contributed by atoms with Crippen LogP contribution in [0.2, 0.25) is 0 Å². The molecule has 0 aliphatic carbocycles. The molecule has 0 saturated heterocycles. The molecule has 0 amide bonds. The van der Waals surface area contributed by atoms with Crippen LogP contribution < -0.4 is 0 Å². The van der Waals surface area contributed by atoms with Crippen LogP contribution in [0.5, 0.6) is 0 Å². The summed E-state index contributed by atoms with van der Waals surface area (Å²) in [7, 11) is 0. The fourth-order valence-corrected chi connectivity index (χ4v) is 1.85. The van der Waals surface area contributed by atoms with Crippen molar-refractivity contribution in [1.29, 1.82) is 0 Å². The average molecular weight is 316 g/mol. The van der Waals surface area contributed by atoms with Gasteiger partial charge in [0.25, 0.3) is 0 Å². The summed E-state index contributed by atoms with van der Waals surface area (Å²) >= 11 is 0. The highest BCUT2D eigenvalue weighted by Gasteiger charge is 2.10. The van der Waals surface area contributed by atoms with Crippen molar-refractivity contribution in [2.75, 3.05) is 6.79 Å². The number of hydrogen-bond donors (Lipinski definition) is 0. The number of aryl methyl sites for hydroxylation is 2. The maximum Gasteiger partial charge on any atom is 0.341 e. The molecule has 0 aliphatic rings. The third-order valence-electron chi connectivity index (χ3n) is 2.89. The largest absolute Gasteiger partial charge is 0.424 e. The van der Waals surface area contributed by atoms with Gasteiger partial charge < -0.3 is 9.47 Å². The molecule has 0 fully saturated rings. The molecule has 124 valence electrons. The molecule has 4 heteroatoms. The highest BCUT2D eigenvalue weighted by atomic mass is 16.7. The Bertz CT molecular complexity index is 604. The highest BCUT2D eigenvalue weighted by molar-refractivity contribution is 5.91. The van der Waals surface area contributed by atoms with Crippen LogP contribution in [0.3, 0.4) is 0 Å². The van der Waals surface area contributed by atoms with Crippen molar-refractivity contribution in [3.05, 3.63) is 70.8 Å². The van der Waals surface area contributed by atoms with Crippen LogP contribution >= 0.6 is 0 Å². The van der Waals surface area contributed by atoms with Crippen LogP contribution in [0.4, 0.5) is 0 Å². The molecule has 0 heterocycles. The van der Waals surface area contributed by atoms with Crippen molar-refractivity contribution in [3.63, 3.8) is 0 Å². The molecule has 0 atom stereocenters. The van der Waals surface area contributed by atoms with E-state index in [9.17, 15) is 9.59 Å². The minimum Gasteiger partial charge on any atom is -0.424 e. The van der Waals surface area contributed by atoms with Gasteiger partial charge in [-0.05, 0) is 38.1 Å². The van der Waals surface area contributed by atoms with E-state index in [1.807, 2.05) is 26.0 Å². The Morgan fingerprint density at radius 1 is 0.783 bits per heavy atom. The Morgan fingerprint density at radius 3 is 1.52 bits per heavy atom. The Kier molecular flexibility index (Phi) is 8.34. The van der Waals surface area contributed by atoms with Gasteiger partial charge in [-0.2, -0.15) is 0 Å². The molecule has 2 aromatic carbocycles. The highest BCUT2D eigenvalue weighted by Crippen LogP contribution is 2.07. The molecule has 23 heavy (non-hydrogen) atoms. The normalized spacial score (nSPS) is 9.13. The lowest BCUT2D eigenvalue weighted by atomic mass is 10.1. The molecule has 0 aliphatic heterocycles. The Labute approximate surface area is 138 Å². The van der Waals surface area contributed by atoms with Gasteiger partial charge in [-0.25, -0.2) is 9.59 Å². The van der Waals surface area contributed by atoms with Gasteiger partial charge in [0.2, 0.25) is 6.79 Å². The van der Waals surface area contributed by atoms with Crippen molar-refractivity contribution in [2.45, 2.75) is 28.7 Å². The molecule has 0 N–H and O–H groups in total. The molecule has 0 radical (unpaired) electrons. The third-order valence-corrected chi connectivity index (χ3v) is 2.89. The minimum atomic E-state index is -0.518. The summed E-state index contributed by atoms with van der Waals surface area (Å²) in [6.45, 7) is 3.36. The van der Waals surface area contributed by atoms with Crippen LogP contribution in [0.1, 0.15) is 46.7 Å². The zero-order valence-electron chi connectivity index (χ0n) is 12.0. The molecular formula is C19H24O4. The molecule has 0 aromatic heterocycles. The summed E-state index contributed by atoms with van der Waals surface area (Å²) in [5.74, 6) is -1.04. The van der Waals surface area contributed by atoms with Gasteiger partial charge in [0, 0.05) is 0 Å². The second-order valence-corrected chi connectivity index (χ2v) is 4.72. The fourth-order valence-electron chi connectivity index (χ4n) is 1.85. The first-order valence-electron chi connectivity index (χ1n) is 6.54. The number of carbonyl (C=O) groups is 2. The Morgan fingerprint density at radius 2 is 1.17 bits per heavy atom. The lowest BCUT2D eigenvalue weighted by molar-refractivity contribution is -0.0167. The molecule has 0 unspecified atom stereocenters. The van der Waals surface area contributed by atoms with Crippen molar-refractivity contribution >= 4 is 11.9 Å². The minimum absolute atomic E-state index is 0. The van der Waals surface area contributed by atoms with Crippen LogP contribution in [0.15, 0.2) is 48.5 Å². The number of carbonyl (C=O) groups excluding carboxylic acids is 2. The van der Waals surface area contributed by atoms with Gasteiger partial charge in [0.05, 0.1) is 11.1 Å². The average Bonchev–Trinajstić information content (AvgIpc) is 2.47. The first kappa shape index (κ1) is 20.4. The van der Waals surface area contributed by atoms with E-state index in [1.54, 1.807) is 36.4 Å². The molecule has 0 saturated carbocycles. The first-order valence-corrected chi connectivity index (χ1v) is 6.54. The summed E-state index contributed by atoms with van der Waals surface area (Å²) in [5, 5.41) is 0. The van der Waals surface area contributed by atoms with E-state index in [0.717, 1.165) is 11.1 Å². The standard InChI is InChI=1S/C17H16O4.2CH4/c1-12-5-3-7-14(9-12)16(18)20-11-21-17(19)15-8-4-6-13(2)10-15;;/h3-10H,11H2,1-2H3;2*1H4. The number of rotatable bonds is 4. The van der Waals surface area contributed by atoms with E-state index in [1.165, 1.54) is 0 Å². The number of benzene rings is 2. The summed E-state index contributed by atoms with van der Waals surface area (Å²) < 4.78 is 9.85. The second kappa shape index (κ2) is 9.41. The number of ether oxygens (including phenoxy) is 2. The van der Waals surface area contributed by atoms with E-state index < -0.39 is 18.7 Å². The number of hydrogen-bond acceptors (Lipinski definition) is 4. The zero-order valence-corrected chi connectivity index (χ0v) is 12.0. The van der Waals surface area contributed by atoms with Gasteiger partial charge in [-0.3, -0.25) is 0 Å². The van der Waals surface area contributed by atoms with Crippen LogP contribution in [-0.4, -0.2) is 18.7 Å². The number of esters is 2. The van der Waals surface area contributed by atoms with Gasteiger partial charge in [-0.15, -0.1) is 0 Å². The van der Waals surface area contributed by atoms with Gasteiger partial charge in [0.1, 0.15) is 0 Å². The maximum absolute atomic E-state index is 11.8. The molecule has 2 rings (SSSR count). The summed E-state index contributed by atoms with van der Waals surface area (Å²) in [6.07, 6.45) is 0. The quantitative estimate of drug-likeness (QED) is 0.613. The SMILES string of the molecule is C.C.Cc1cccc(C(=O)OCOC(=O)c2cccc(C)c2)c1. The predicted molar refractivity (Wildman–Crippen MR) is 91.5 cm³/mol. The van der Waals surface area contributed by atoms with Crippen LogP contribution in [-0.2, 0) is 9.47 Å². The molecule has 2 aromatic rings. The van der Waals surface area contributed by atoms with Gasteiger partial charge in [-0.1, -0.05) is 50.2 Å².